The standard InChI is InChI=1S/C20H26N2O3/c21-20(25)19-8-4-7-16(18(19)11-12-23)13-22-14-17(24)10-9-15-5-2-1-3-6-15/h1-8,17,22-24H,9-14H2,(H2,21,25)/t17-/m1/s1. The molecule has 0 aromatic heterocycles. The molecule has 0 aliphatic carbocycles. The van der Waals surface area contributed by atoms with Crippen molar-refractivity contribution in [2.45, 2.75) is 31.9 Å². The van der Waals surface area contributed by atoms with Gasteiger partial charge in [0.2, 0.25) is 5.91 Å². The van der Waals surface area contributed by atoms with Crippen molar-refractivity contribution in [3.8, 4) is 0 Å². The van der Waals surface area contributed by atoms with Crippen LogP contribution in [0.5, 0.6) is 0 Å². The maximum atomic E-state index is 11.5. The lowest BCUT2D eigenvalue weighted by Crippen LogP contribution is -2.27. The second kappa shape index (κ2) is 9.93. The Balaban J connectivity index is 1.86. The number of aryl methyl sites for hydroxylation is 1. The van der Waals surface area contributed by atoms with Gasteiger partial charge in [-0.1, -0.05) is 42.5 Å². The molecule has 0 fully saturated rings. The molecule has 5 heteroatoms. The minimum Gasteiger partial charge on any atom is -0.396 e. The van der Waals surface area contributed by atoms with Crippen LogP contribution in [0.4, 0.5) is 0 Å². The van der Waals surface area contributed by atoms with Gasteiger partial charge in [-0.2, -0.15) is 0 Å². The molecular formula is C20H26N2O3. The summed E-state index contributed by atoms with van der Waals surface area (Å²) in [7, 11) is 0. The van der Waals surface area contributed by atoms with E-state index in [2.05, 4.69) is 17.4 Å². The van der Waals surface area contributed by atoms with Gasteiger partial charge in [-0.05, 0) is 42.0 Å². The van der Waals surface area contributed by atoms with E-state index in [1.165, 1.54) is 5.56 Å². The molecule has 1 atom stereocenters. The monoisotopic (exact) mass is 342 g/mol. The molecule has 0 aliphatic heterocycles. The summed E-state index contributed by atoms with van der Waals surface area (Å²) < 4.78 is 0. The van der Waals surface area contributed by atoms with Gasteiger partial charge in [-0.15, -0.1) is 0 Å². The molecule has 0 saturated carbocycles. The zero-order valence-electron chi connectivity index (χ0n) is 14.3. The molecule has 0 bridgehead atoms. The highest BCUT2D eigenvalue weighted by atomic mass is 16.3. The minimum atomic E-state index is -0.492. The maximum Gasteiger partial charge on any atom is 0.248 e. The van der Waals surface area contributed by atoms with Crippen LogP contribution in [0.1, 0.15) is 33.5 Å². The molecule has 0 saturated heterocycles. The second-order valence-corrected chi connectivity index (χ2v) is 6.09. The van der Waals surface area contributed by atoms with Crippen molar-refractivity contribution in [3.05, 3.63) is 70.8 Å². The first-order valence-electron chi connectivity index (χ1n) is 8.56. The SMILES string of the molecule is NC(=O)c1cccc(CNC[C@H](O)CCc2ccccc2)c1CCO. The molecule has 1 amide bonds. The zero-order chi connectivity index (χ0) is 18.1. The lowest BCUT2D eigenvalue weighted by atomic mass is 9.97. The van der Waals surface area contributed by atoms with E-state index in [1.807, 2.05) is 24.3 Å². The van der Waals surface area contributed by atoms with Crippen molar-refractivity contribution >= 4 is 5.91 Å². The van der Waals surface area contributed by atoms with Gasteiger partial charge in [0.05, 0.1) is 6.10 Å². The molecule has 2 aromatic carbocycles. The molecule has 2 rings (SSSR count). The topological polar surface area (TPSA) is 95.6 Å². The Morgan fingerprint density at radius 1 is 1.08 bits per heavy atom. The van der Waals surface area contributed by atoms with Crippen LogP contribution in [-0.4, -0.2) is 35.4 Å². The summed E-state index contributed by atoms with van der Waals surface area (Å²) in [6.45, 7) is 0.933. The minimum absolute atomic E-state index is 0.0446. The normalized spacial score (nSPS) is 12.1. The molecule has 0 aliphatic rings. The third-order valence-electron chi connectivity index (χ3n) is 4.20. The van der Waals surface area contributed by atoms with Crippen LogP contribution in [0, 0.1) is 0 Å². The number of benzene rings is 2. The van der Waals surface area contributed by atoms with Crippen molar-refractivity contribution in [1.82, 2.24) is 5.32 Å². The lowest BCUT2D eigenvalue weighted by molar-refractivity contribution is 0.0999. The highest BCUT2D eigenvalue weighted by Gasteiger charge is 2.12. The smallest absolute Gasteiger partial charge is 0.248 e. The number of amides is 1. The first-order valence-corrected chi connectivity index (χ1v) is 8.56. The van der Waals surface area contributed by atoms with Crippen LogP contribution in [-0.2, 0) is 19.4 Å². The molecule has 0 heterocycles. The Morgan fingerprint density at radius 2 is 1.84 bits per heavy atom. The van der Waals surface area contributed by atoms with Gasteiger partial charge in [0.15, 0.2) is 0 Å². The van der Waals surface area contributed by atoms with Crippen LogP contribution in [0.3, 0.4) is 0 Å². The predicted octanol–water partition coefficient (Wildman–Crippen LogP) is 1.40. The van der Waals surface area contributed by atoms with E-state index in [4.69, 9.17) is 5.73 Å². The molecule has 2 aromatic rings. The van der Waals surface area contributed by atoms with Crippen molar-refractivity contribution in [2.24, 2.45) is 5.73 Å². The van der Waals surface area contributed by atoms with Crippen molar-refractivity contribution < 1.29 is 15.0 Å². The molecule has 25 heavy (non-hydrogen) atoms. The van der Waals surface area contributed by atoms with E-state index in [1.54, 1.807) is 12.1 Å². The summed E-state index contributed by atoms with van der Waals surface area (Å²) in [5.41, 5.74) is 8.74. The molecular weight excluding hydrogens is 316 g/mol. The number of primary amides is 1. The third kappa shape index (κ3) is 5.98. The molecule has 0 radical (unpaired) electrons. The summed E-state index contributed by atoms with van der Waals surface area (Å²) in [4.78, 5) is 11.5. The quantitative estimate of drug-likeness (QED) is 0.525. The Morgan fingerprint density at radius 3 is 2.52 bits per heavy atom. The molecule has 134 valence electrons. The average molecular weight is 342 g/mol. The van der Waals surface area contributed by atoms with Crippen LogP contribution < -0.4 is 11.1 Å². The van der Waals surface area contributed by atoms with E-state index >= 15 is 0 Å². The first kappa shape index (κ1) is 19.1. The zero-order valence-corrected chi connectivity index (χ0v) is 14.3. The van der Waals surface area contributed by atoms with Crippen molar-refractivity contribution in [1.29, 1.82) is 0 Å². The van der Waals surface area contributed by atoms with Crippen molar-refractivity contribution in [3.63, 3.8) is 0 Å². The van der Waals surface area contributed by atoms with Gasteiger partial charge >= 0.3 is 0 Å². The number of aliphatic hydroxyl groups excluding tert-OH is 2. The van der Waals surface area contributed by atoms with Crippen molar-refractivity contribution in [2.75, 3.05) is 13.2 Å². The van der Waals surface area contributed by atoms with E-state index in [0.717, 1.165) is 17.5 Å². The summed E-state index contributed by atoms with van der Waals surface area (Å²) in [5.74, 6) is -0.492. The number of hydrogen-bond acceptors (Lipinski definition) is 4. The van der Waals surface area contributed by atoms with Crippen LogP contribution in [0.2, 0.25) is 0 Å². The second-order valence-electron chi connectivity index (χ2n) is 6.09. The van der Waals surface area contributed by atoms with E-state index in [9.17, 15) is 15.0 Å². The highest BCUT2D eigenvalue weighted by Crippen LogP contribution is 2.15. The fourth-order valence-corrected chi connectivity index (χ4v) is 2.89. The van der Waals surface area contributed by atoms with E-state index in [-0.39, 0.29) is 6.61 Å². The maximum absolute atomic E-state index is 11.5. The van der Waals surface area contributed by atoms with E-state index < -0.39 is 12.0 Å². The fourth-order valence-electron chi connectivity index (χ4n) is 2.89. The Bertz CT molecular complexity index is 674. The third-order valence-corrected chi connectivity index (χ3v) is 4.20. The number of nitrogens with two attached hydrogens (primary N) is 1. The number of rotatable bonds is 10. The predicted molar refractivity (Wildman–Crippen MR) is 98.2 cm³/mol. The van der Waals surface area contributed by atoms with Crippen LogP contribution >= 0.6 is 0 Å². The number of aliphatic hydroxyl groups is 2. The number of carbonyl (C=O) groups is 1. The summed E-state index contributed by atoms with van der Waals surface area (Å²) in [6.07, 6.45) is 1.45. The highest BCUT2D eigenvalue weighted by molar-refractivity contribution is 5.94. The van der Waals surface area contributed by atoms with Crippen LogP contribution in [0.25, 0.3) is 0 Å². The molecule has 5 nitrogen and oxygen atoms in total. The van der Waals surface area contributed by atoms with Gasteiger partial charge < -0.3 is 21.3 Å². The Labute approximate surface area is 148 Å². The number of nitrogens with one attached hydrogen (secondary N) is 1. The van der Waals surface area contributed by atoms with Gasteiger partial charge in [-0.3, -0.25) is 4.79 Å². The average Bonchev–Trinajstić information content (AvgIpc) is 2.62. The number of carbonyl (C=O) groups excluding carboxylic acids is 1. The Hall–Kier alpha value is -2.21. The lowest BCUT2D eigenvalue weighted by Gasteiger charge is -2.15. The summed E-state index contributed by atoms with van der Waals surface area (Å²) in [5, 5.41) is 22.6. The molecule has 5 N–H and O–H groups in total. The van der Waals surface area contributed by atoms with Gasteiger partial charge in [0, 0.05) is 25.3 Å². The molecule has 0 unspecified atom stereocenters. The van der Waals surface area contributed by atoms with Gasteiger partial charge in [-0.25, -0.2) is 0 Å². The number of hydrogen-bond donors (Lipinski definition) is 4. The first-order chi connectivity index (χ1) is 12.1. The van der Waals surface area contributed by atoms with Gasteiger partial charge in [0.25, 0.3) is 0 Å². The summed E-state index contributed by atoms with van der Waals surface area (Å²) >= 11 is 0. The van der Waals surface area contributed by atoms with Gasteiger partial charge in [0.1, 0.15) is 0 Å². The van der Waals surface area contributed by atoms with Crippen LogP contribution in [0.15, 0.2) is 48.5 Å². The van der Waals surface area contributed by atoms with E-state index in [0.29, 0.717) is 31.5 Å². The fraction of sp³-hybridized carbons (Fsp3) is 0.350. The largest absolute Gasteiger partial charge is 0.396 e. The molecule has 0 spiro atoms. The summed E-state index contributed by atoms with van der Waals surface area (Å²) in [6, 6.07) is 15.4. The Kier molecular flexibility index (Phi) is 7.60.